The number of aryl methyl sites for hydroxylation is 1. The third-order valence-corrected chi connectivity index (χ3v) is 3.06. The standard InChI is InChI=1S/C13H18N2O4/c1-8-5-11-12(19-4-3-18-11)6-10(8)15(2)7-9(14)13(16)17/h5-6,9H,3-4,7,14H2,1-2H3,(H,16,17). The van der Waals surface area contributed by atoms with Crippen LogP contribution < -0.4 is 20.1 Å². The first-order valence-electron chi connectivity index (χ1n) is 6.09. The van der Waals surface area contributed by atoms with Crippen LogP contribution >= 0.6 is 0 Å². The fourth-order valence-electron chi connectivity index (χ4n) is 2.06. The number of rotatable bonds is 4. The fraction of sp³-hybridized carbons (Fsp3) is 0.462. The van der Waals surface area contributed by atoms with E-state index in [-0.39, 0.29) is 6.54 Å². The number of hydrogen-bond acceptors (Lipinski definition) is 5. The highest BCUT2D eigenvalue weighted by Gasteiger charge is 2.19. The van der Waals surface area contributed by atoms with E-state index in [0.29, 0.717) is 19.0 Å². The lowest BCUT2D eigenvalue weighted by molar-refractivity contribution is -0.138. The van der Waals surface area contributed by atoms with Crippen molar-refractivity contribution in [3.63, 3.8) is 0 Å². The Labute approximate surface area is 111 Å². The van der Waals surface area contributed by atoms with Crippen LogP contribution in [0.1, 0.15) is 5.56 Å². The minimum Gasteiger partial charge on any atom is -0.486 e. The Hall–Kier alpha value is -1.95. The van der Waals surface area contributed by atoms with Crippen molar-refractivity contribution in [3.8, 4) is 11.5 Å². The summed E-state index contributed by atoms with van der Waals surface area (Å²) in [5.41, 5.74) is 7.43. The zero-order chi connectivity index (χ0) is 14.0. The molecule has 1 atom stereocenters. The van der Waals surface area contributed by atoms with Crippen molar-refractivity contribution in [2.24, 2.45) is 5.73 Å². The van der Waals surface area contributed by atoms with Gasteiger partial charge in [-0.1, -0.05) is 0 Å². The first-order chi connectivity index (χ1) is 8.99. The Bertz CT molecular complexity index is 490. The number of fused-ring (bicyclic) bond motifs is 1. The number of aliphatic carboxylic acids is 1. The molecular formula is C13H18N2O4. The molecule has 0 aromatic heterocycles. The SMILES string of the molecule is Cc1cc2c(cc1N(C)CC(N)C(=O)O)OCCO2. The van der Waals surface area contributed by atoms with Crippen molar-refractivity contribution in [1.29, 1.82) is 0 Å². The number of nitrogens with zero attached hydrogens (tertiary/aromatic N) is 1. The maximum absolute atomic E-state index is 10.8. The molecule has 0 spiro atoms. The summed E-state index contributed by atoms with van der Waals surface area (Å²) in [7, 11) is 1.81. The van der Waals surface area contributed by atoms with Crippen LogP contribution in [-0.2, 0) is 4.79 Å². The van der Waals surface area contributed by atoms with Crippen LogP contribution in [0.2, 0.25) is 0 Å². The number of carboxylic acids is 1. The predicted molar refractivity (Wildman–Crippen MR) is 71.1 cm³/mol. The van der Waals surface area contributed by atoms with Crippen LogP contribution in [0.15, 0.2) is 12.1 Å². The van der Waals surface area contributed by atoms with Gasteiger partial charge in [0.1, 0.15) is 19.3 Å². The van der Waals surface area contributed by atoms with Gasteiger partial charge in [-0.25, -0.2) is 0 Å². The van der Waals surface area contributed by atoms with Gasteiger partial charge in [0.25, 0.3) is 0 Å². The number of hydrogen-bond donors (Lipinski definition) is 2. The molecule has 1 unspecified atom stereocenters. The van der Waals surface area contributed by atoms with Gasteiger partial charge in [0.2, 0.25) is 0 Å². The number of likely N-dealkylation sites (N-methyl/N-ethyl adjacent to an activating group) is 1. The fourth-order valence-corrected chi connectivity index (χ4v) is 2.06. The first-order valence-corrected chi connectivity index (χ1v) is 6.09. The number of benzene rings is 1. The van der Waals surface area contributed by atoms with Crippen molar-refractivity contribution in [1.82, 2.24) is 0 Å². The molecule has 0 amide bonds. The van der Waals surface area contributed by atoms with Crippen molar-refractivity contribution in [2.45, 2.75) is 13.0 Å². The van der Waals surface area contributed by atoms with Crippen molar-refractivity contribution in [3.05, 3.63) is 17.7 Å². The van der Waals surface area contributed by atoms with Crippen LogP contribution in [0.25, 0.3) is 0 Å². The van der Waals surface area contributed by atoms with Gasteiger partial charge in [-0.15, -0.1) is 0 Å². The summed E-state index contributed by atoms with van der Waals surface area (Å²) in [5, 5.41) is 8.84. The van der Waals surface area contributed by atoms with Gasteiger partial charge >= 0.3 is 5.97 Å². The molecule has 0 fully saturated rings. The molecule has 0 saturated heterocycles. The van der Waals surface area contributed by atoms with Gasteiger partial charge in [-0.2, -0.15) is 0 Å². The van der Waals surface area contributed by atoms with E-state index in [2.05, 4.69) is 0 Å². The van der Waals surface area contributed by atoms with Crippen molar-refractivity contribution in [2.75, 3.05) is 31.7 Å². The number of anilines is 1. The number of carbonyl (C=O) groups is 1. The smallest absolute Gasteiger partial charge is 0.322 e. The molecule has 6 heteroatoms. The maximum atomic E-state index is 10.8. The Morgan fingerprint density at radius 1 is 1.42 bits per heavy atom. The molecule has 3 N–H and O–H groups in total. The Kier molecular flexibility index (Phi) is 3.80. The van der Waals surface area contributed by atoms with E-state index in [1.54, 1.807) is 7.05 Å². The summed E-state index contributed by atoms with van der Waals surface area (Å²) in [5.74, 6) is 0.396. The van der Waals surface area contributed by atoms with Gasteiger partial charge < -0.3 is 25.2 Å². The van der Waals surface area contributed by atoms with E-state index in [1.165, 1.54) is 0 Å². The molecule has 2 rings (SSSR count). The van der Waals surface area contributed by atoms with Gasteiger partial charge in [-0.3, -0.25) is 4.79 Å². The molecule has 19 heavy (non-hydrogen) atoms. The molecule has 0 bridgehead atoms. The first kappa shape index (κ1) is 13.5. The van der Waals surface area contributed by atoms with E-state index in [4.69, 9.17) is 20.3 Å². The van der Waals surface area contributed by atoms with E-state index in [0.717, 1.165) is 17.0 Å². The summed E-state index contributed by atoms with van der Waals surface area (Å²) in [6.45, 7) is 3.24. The average molecular weight is 266 g/mol. The second-order valence-corrected chi connectivity index (χ2v) is 4.61. The molecule has 0 radical (unpaired) electrons. The Morgan fingerprint density at radius 3 is 2.58 bits per heavy atom. The van der Waals surface area contributed by atoms with Gasteiger partial charge in [0.05, 0.1) is 0 Å². The van der Waals surface area contributed by atoms with Gasteiger partial charge in [0.15, 0.2) is 11.5 Å². The molecule has 1 aromatic carbocycles. The van der Waals surface area contributed by atoms with Crippen LogP contribution in [0.3, 0.4) is 0 Å². The Morgan fingerprint density at radius 2 is 2.00 bits per heavy atom. The molecule has 1 aliphatic rings. The zero-order valence-electron chi connectivity index (χ0n) is 11.0. The van der Waals surface area contributed by atoms with Crippen LogP contribution in [0.4, 0.5) is 5.69 Å². The highest BCUT2D eigenvalue weighted by molar-refractivity contribution is 5.74. The number of carboxylic acid groups (broad SMARTS) is 1. The van der Waals surface area contributed by atoms with Gasteiger partial charge in [0, 0.05) is 25.3 Å². The molecule has 104 valence electrons. The number of ether oxygens (including phenoxy) is 2. The third kappa shape index (κ3) is 2.90. The highest BCUT2D eigenvalue weighted by Crippen LogP contribution is 2.36. The second kappa shape index (κ2) is 5.36. The van der Waals surface area contributed by atoms with E-state index in [1.807, 2.05) is 24.0 Å². The largest absolute Gasteiger partial charge is 0.486 e. The quantitative estimate of drug-likeness (QED) is 0.830. The minimum atomic E-state index is -1.01. The maximum Gasteiger partial charge on any atom is 0.322 e. The number of nitrogens with two attached hydrogens (primary N) is 1. The van der Waals surface area contributed by atoms with Crippen molar-refractivity contribution >= 4 is 11.7 Å². The van der Waals surface area contributed by atoms with Gasteiger partial charge in [-0.05, 0) is 18.6 Å². The predicted octanol–water partition coefficient (Wildman–Crippen LogP) is 0.614. The minimum absolute atomic E-state index is 0.232. The summed E-state index contributed by atoms with van der Waals surface area (Å²) in [6, 6.07) is 2.84. The summed E-state index contributed by atoms with van der Waals surface area (Å²) >= 11 is 0. The van der Waals surface area contributed by atoms with E-state index < -0.39 is 12.0 Å². The summed E-state index contributed by atoms with van der Waals surface area (Å²) in [4.78, 5) is 12.6. The zero-order valence-corrected chi connectivity index (χ0v) is 11.0. The molecule has 0 aliphatic carbocycles. The lowest BCUT2D eigenvalue weighted by Gasteiger charge is -2.26. The summed E-state index contributed by atoms with van der Waals surface area (Å²) < 4.78 is 11.0. The molecule has 1 aromatic rings. The molecule has 1 heterocycles. The topological polar surface area (TPSA) is 85.0 Å². The average Bonchev–Trinajstić information content (AvgIpc) is 2.37. The highest BCUT2D eigenvalue weighted by atomic mass is 16.6. The molecular weight excluding hydrogens is 248 g/mol. The third-order valence-electron chi connectivity index (χ3n) is 3.06. The second-order valence-electron chi connectivity index (χ2n) is 4.61. The van der Waals surface area contributed by atoms with Crippen molar-refractivity contribution < 1.29 is 19.4 Å². The Balaban J connectivity index is 2.21. The molecule has 6 nitrogen and oxygen atoms in total. The van der Waals surface area contributed by atoms with Crippen LogP contribution in [-0.4, -0.2) is 43.9 Å². The lowest BCUT2D eigenvalue weighted by atomic mass is 10.1. The van der Waals surface area contributed by atoms with Crippen LogP contribution in [0, 0.1) is 6.92 Å². The monoisotopic (exact) mass is 266 g/mol. The normalized spacial score (nSPS) is 14.9. The van der Waals surface area contributed by atoms with E-state index in [9.17, 15) is 4.79 Å². The van der Waals surface area contributed by atoms with E-state index >= 15 is 0 Å². The molecule has 1 aliphatic heterocycles. The molecule has 0 saturated carbocycles. The lowest BCUT2D eigenvalue weighted by Crippen LogP contribution is -2.41. The summed E-state index contributed by atoms with van der Waals surface area (Å²) in [6.07, 6.45) is 0. The van der Waals surface area contributed by atoms with Crippen LogP contribution in [0.5, 0.6) is 11.5 Å².